The van der Waals surface area contributed by atoms with E-state index in [2.05, 4.69) is 5.32 Å². The van der Waals surface area contributed by atoms with E-state index < -0.39 is 10.0 Å². The lowest BCUT2D eigenvalue weighted by molar-refractivity contribution is -0.116. The van der Waals surface area contributed by atoms with Gasteiger partial charge < -0.3 is 10.1 Å². The minimum Gasteiger partial charge on any atom is -0.377 e. The maximum atomic E-state index is 12.3. The number of hydrogen-bond acceptors (Lipinski definition) is 4. The molecule has 0 aliphatic carbocycles. The van der Waals surface area contributed by atoms with E-state index in [4.69, 9.17) is 4.74 Å². The Morgan fingerprint density at radius 3 is 2.44 bits per heavy atom. The maximum absolute atomic E-state index is 12.3. The van der Waals surface area contributed by atoms with E-state index in [1.54, 1.807) is 0 Å². The standard InChI is InChI=1S/C18H28N2O4S/c1-13-10-14(2)18(15(3)11-13)19-17(21)7-8-20(25(4,22)23)12-16-6-5-9-24-16/h10-11,16H,5-9,12H2,1-4H3,(H,19,21). The van der Waals surface area contributed by atoms with Gasteiger partial charge in [-0.05, 0) is 44.7 Å². The molecule has 0 saturated carbocycles. The minimum atomic E-state index is -3.37. The van der Waals surface area contributed by atoms with Gasteiger partial charge in [-0.1, -0.05) is 17.7 Å². The third-order valence-electron chi connectivity index (χ3n) is 4.43. The van der Waals surface area contributed by atoms with Crippen molar-refractivity contribution in [3.63, 3.8) is 0 Å². The van der Waals surface area contributed by atoms with Crippen molar-refractivity contribution >= 4 is 21.6 Å². The van der Waals surface area contributed by atoms with Gasteiger partial charge in [0.25, 0.3) is 0 Å². The van der Waals surface area contributed by atoms with Crippen molar-refractivity contribution in [3.8, 4) is 0 Å². The predicted molar refractivity (Wildman–Crippen MR) is 99.3 cm³/mol. The summed E-state index contributed by atoms with van der Waals surface area (Å²) in [6.07, 6.45) is 3.04. The molecular formula is C18H28N2O4S. The number of ether oxygens (including phenoxy) is 1. The van der Waals surface area contributed by atoms with Crippen LogP contribution >= 0.6 is 0 Å². The molecule has 0 spiro atoms. The van der Waals surface area contributed by atoms with Crippen LogP contribution in [0.1, 0.15) is 36.0 Å². The summed E-state index contributed by atoms with van der Waals surface area (Å²) in [4.78, 5) is 12.3. The highest BCUT2D eigenvalue weighted by atomic mass is 32.2. The topological polar surface area (TPSA) is 75.7 Å². The molecule has 1 amide bonds. The quantitative estimate of drug-likeness (QED) is 0.802. The Bertz CT molecular complexity index is 702. The van der Waals surface area contributed by atoms with E-state index in [9.17, 15) is 13.2 Å². The van der Waals surface area contributed by atoms with Gasteiger partial charge >= 0.3 is 0 Å². The van der Waals surface area contributed by atoms with Gasteiger partial charge in [0.05, 0.1) is 12.4 Å². The van der Waals surface area contributed by atoms with Gasteiger partial charge in [0, 0.05) is 31.8 Å². The van der Waals surface area contributed by atoms with E-state index in [0.717, 1.165) is 35.2 Å². The Hall–Kier alpha value is -1.44. The molecule has 1 aliphatic heterocycles. The summed E-state index contributed by atoms with van der Waals surface area (Å²) in [6, 6.07) is 4.03. The summed E-state index contributed by atoms with van der Waals surface area (Å²) < 4.78 is 30.8. The molecule has 6 nitrogen and oxygen atoms in total. The first-order valence-corrected chi connectivity index (χ1v) is 10.5. The molecule has 1 saturated heterocycles. The van der Waals surface area contributed by atoms with Crippen LogP contribution in [0.2, 0.25) is 0 Å². The Labute approximate surface area is 150 Å². The lowest BCUT2D eigenvalue weighted by Crippen LogP contribution is -2.38. The van der Waals surface area contributed by atoms with E-state index in [-0.39, 0.29) is 25.0 Å². The summed E-state index contributed by atoms with van der Waals surface area (Å²) in [5.74, 6) is -0.184. The maximum Gasteiger partial charge on any atom is 0.225 e. The number of aryl methyl sites for hydroxylation is 3. The number of carbonyl (C=O) groups excluding carboxylic acids is 1. The summed E-state index contributed by atoms with van der Waals surface area (Å²) in [6.45, 7) is 7.07. The highest BCUT2D eigenvalue weighted by Gasteiger charge is 2.25. The van der Waals surface area contributed by atoms with Crippen LogP contribution in [0, 0.1) is 20.8 Å². The van der Waals surface area contributed by atoms with Crippen LogP contribution in [-0.2, 0) is 19.6 Å². The number of nitrogens with zero attached hydrogens (tertiary/aromatic N) is 1. The molecule has 140 valence electrons. The van der Waals surface area contributed by atoms with Gasteiger partial charge in [0.15, 0.2) is 0 Å². The number of hydrogen-bond donors (Lipinski definition) is 1. The molecule has 7 heteroatoms. The molecule has 1 unspecified atom stereocenters. The molecule has 1 heterocycles. The number of sulfonamides is 1. The molecule has 1 N–H and O–H groups in total. The predicted octanol–water partition coefficient (Wildman–Crippen LogP) is 2.38. The summed E-state index contributed by atoms with van der Waals surface area (Å²) in [5.41, 5.74) is 3.96. The molecule has 2 rings (SSSR count). The number of benzene rings is 1. The highest BCUT2D eigenvalue weighted by molar-refractivity contribution is 7.88. The minimum absolute atomic E-state index is 0.0700. The Balaban J connectivity index is 1.96. The fourth-order valence-electron chi connectivity index (χ4n) is 3.21. The number of amides is 1. The first kappa shape index (κ1) is 19.9. The Kier molecular flexibility index (Phi) is 6.59. The fraction of sp³-hybridized carbons (Fsp3) is 0.611. The number of nitrogens with one attached hydrogen (secondary N) is 1. The third-order valence-corrected chi connectivity index (χ3v) is 5.70. The average molecular weight is 368 g/mol. The monoisotopic (exact) mass is 368 g/mol. The zero-order chi connectivity index (χ0) is 18.6. The second-order valence-corrected chi connectivity index (χ2v) is 8.81. The van der Waals surface area contributed by atoms with E-state index in [0.29, 0.717) is 13.2 Å². The Morgan fingerprint density at radius 1 is 1.28 bits per heavy atom. The molecule has 1 aromatic rings. The molecule has 1 fully saturated rings. The number of carbonyl (C=O) groups is 1. The van der Waals surface area contributed by atoms with Crippen molar-refractivity contribution in [1.29, 1.82) is 0 Å². The zero-order valence-electron chi connectivity index (χ0n) is 15.5. The summed E-state index contributed by atoms with van der Waals surface area (Å²) >= 11 is 0. The highest BCUT2D eigenvalue weighted by Crippen LogP contribution is 2.22. The molecule has 1 aliphatic rings. The van der Waals surface area contributed by atoms with E-state index in [1.165, 1.54) is 10.6 Å². The SMILES string of the molecule is Cc1cc(C)c(NC(=O)CCN(CC2CCCO2)S(C)(=O)=O)c(C)c1. The molecule has 25 heavy (non-hydrogen) atoms. The van der Waals surface area contributed by atoms with E-state index in [1.807, 2.05) is 32.9 Å². The molecule has 0 radical (unpaired) electrons. The molecule has 1 aromatic carbocycles. The largest absolute Gasteiger partial charge is 0.377 e. The summed E-state index contributed by atoms with van der Waals surface area (Å²) in [7, 11) is -3.37. The fourth-order valence-corrected chi connectivity index (χ4v) is 4.07. The van der Waals surface area contributed by atoms with Crippen LogP contribution < -0.4 is 5.32 Å². The second kappa shape index (κ2) is 8.29. The van der Waals surface area contributed by atoms with Crippen LogP contribution in [0.15, 0.2) is 12.1 Å². The summed E-state index contributed by atoms with van der Waals surface area (Å²) in [5, 5.41) is 2.91. The van der Waals surface area contributed by atoms with Crippen LogP contribution in [0.25, 0.3) is 0 Å². The van der Waals surface area contributed by atoms with Gasteiger partial charge in [-0.3, -0.25) is 4.79 Å². The molecule has 0 bridgehead atoms. The first-order valence-electron chi connectivity index (χ1n) is 8.61. The van der Waals surface area contributed by atoms with Gasteiger partial charge in [-0.25, -0.2) is 8.42 Å². The lowest BCUT2D eigenvalue weighted by Gasteiger charge is -2.23. The third kappa shape index (κ3) is 5.80. The van der Waals surface area contributed by atoms with E-state index >= 15 is 0 Å². The Morgan fingerprint density at radius 2 is 1.92 bits per heavy atom. The number of rotatable bonds is 7. The van der Waals surface area contributed by atoms with Crippen molar-refractivity contribution < 1.29 is 17.9 Å². The van der Waals surface area contributed by atoms with Crippen molar-refractivity contribution in [2.75, 3.05) is 31.3 Å². The van der Waals surface area contributed by atoms with Gasteiger partial charge in [0.2, 0.25) is 15.9 Å². The van der Waals surface area contributed by atoms with Crippen molar-refractivity contribution in [1.82, 2.24) is 4.31 Å². The van der Waals surface area contributed by atoms with Crippen LogP contribution in [0.5, 0.6) is 0 Å². The van der Waals surface area contributed by atoms with Crippen molar-refractivity contribution in [2.45, 2.75) is 46.1 Å². The first-order chi connectivity index (χ1) is 11.7. The van der Waals surface area contributed by atoms with Crippen LogP contribution in [0.4, 0.5) is 5.69 Å². The smallest absolute Gasteiger partial charge is 0.225 e. The average Bonchev–Trinajstić information content (AvgIpc) is 2.99. The van der Waals surface area contributed by atoms with Gasteiger partial charge in [-0.15, -0.1) is 0 Å². The second-order valence-electron chi connectivity index (χ2n) is 6.83. The van der Waals surface area contributed by atoms with Crippen LogP contribution in [-0.4, -0.2) is 50.7 Å². The van der Waals surface area contributed by atoms with Gasteiger partial charge in [0.1, 0.15) is 0 Å². The van der Waals surface area contributed by atoms with Crippen LogP contribution in [0.3, 0.4) is 0 Å². The number of anilines is 1. The molecule has 0 aromatic heterocycles. The molecule has 1 atom stereocenters. The molecular weight excluding hydrogens is 340 g/mol. The lowest BCUT2D eigenvalue weighted by atomic mass is 10.1. The van der Waals surface area contributed by atoms with Gasteiger partial charge in [-0.2, -0.15) is 4.31 Å². The zero-order valence-corrected chi connectivity index (χ0v) is 16.3. The normalized spacial score (nSPS) is 17.9. The van der Waals surface area contributed by atoms with Crippen molar-refractivity contribution in [3.05, 3.63) is 28.8 Å². The van der Waals surface area contributed by atoms with Crippen molar-refractivity contribution in [2.24, 2.45) is 0 Å².